The molecule has 0 amide bonds. The summed E-state index contributed by atoms with van der Waals surface area (Å²) in [6, 6.07) is 2.93. The Morgan fingerprint density at radius 1 is 1.00 bits per heavy atom. The topological polar surface area (TPSA) is 40.5 Å². The van der Waals surface area contributed by atoms with Gasteiger partial charge in [-0.05, 0) is 12.1 Å². The van der Waals surface area contributed by atoms with Crippen LogP contribution in [0.2, 0.25) is 15.1 Å². The highest BCUT2D eigenvalue weighted by Crippen LogP contribution is 2.23. The third kappa shape index (κ3) is 1.87. The van der Waals surface area contributed by atoms with Crippen LogP contribution in [-0.4, -0.2) is 17.2 Å². The summed E-state index contributed by atoms with van der Waals surface area (Å²) >= 11 is 16.9. The highest BCUT2D eigenvalue weighted by Gasteiger charge is 2.20. The molecule has 0 aromatic heterocycles. The number of halogens is 3. The van der Waals surface area contributed by atoms with E-state index in [9.17, 15) is 0 Å². The van der Waals surface area contributed by atoms with Crippen molar-refractivity contribution >= 4 is 47.4 Å². The standard InChI is InChI=1S/C6H4BCl3O2/c8-3-1-2-4(9)6(10)5(3)7(11)12/h1-2,11-12H. The van der Waals surface area contributed by atoms with Crippen molar-refractivity contribution in [2.75, 3.05) is 0 Å². The predicted molar refractivity (Wildman–Crippen MR) is 51.3 cm³/mol. The lowest BCUT2D eigenvalue weighted by Gasteiger charge is -2.06. The molecule has 0 aliphatic heterocycles. The van der Waals surface area contributed by atoms with Gasteiger partial charge < -0.3 is 10.0 Å². The molecular weight excluding hydrogens is 221 g/mol. The minimum Gasteiger partial charge on any atom is -0.423 e. The van der Waals surface area contributed by atoms with E-state index >= 15 is 0 Å². The highest BCUT2D eigenvalue weighted by atomic mass is 35.5. The van der Waals surface area contributed by atoms with Gasteiger partial charge in [0.1, 0.15) is 0 Å². The van der Waals surface area contributed by atoms with Gasteiger partial charge in [-0.15, -0.1) is 0 Å². The number of hydrogen-bond donors (Lipinski definition) is 2. The lowest BCUT2D eigenvalue weighted by molar-refractivity contribution is 0.426. The Hall–Kier alpha value is 0.0749. The zero-order valence-electron chi connectivity index (χ0n) is 5.76. The Morgan fingerprint density at radius 2 is 1.50 bits per heavy atom. The van der Waals surface area contributed by atoms with Crippen LogP contribution in [0.5, 0.6) is 0 Å². The number of hydrogen-bond acceptors (Lipinski definition) is 2. The molecule has 1 rings (SSSR count). The smallest absolute Gasteiger partial charge is 0.423 e. The second kappa shape index (κ2) is 3.86. The van der Waals surface area contributed by atoms with E-state index in [1.807, 2.05) is 0 Å². The van der Waals surface area contributed by atoms with Crippen molar-refractivity contribution in [2.45, 2.75) is 0 Å². The SMILES string of the molecule is OB(O)c1c(Cl)ccc(Cl)c1Cl. The number of rotatable bonds is 1. The molecule has 1 aromatic rings. The summed E-state index contributed by atoms with van der Waals surface area (Å²) < 4.78 is 0. The van der Waals surface area contributed by atoms with Crippen molar-refractivity contribution in [3.05, 3.63) is 27.2 Å². The van der Waals surface area contributed by atoms with Crippen molar-refractivity contribution < 1.29 is 10.0 Å². The molecule has 0 atom stereocenters. The Morgan fingerprint density at radius 3 is 1.92 bits per heavy atom. The quantitative estimate of drug-likeness (QED) is 0.559. The fraction of sp³-hybridized carbons (Fsp3) is 0. The molecule has 0 heterocycles. The lowest BCUT2D eigenvalue weighted by Crippen LogP contribution is -2.31. The van der Waals surface area contributed by atoms with Gasteiger partial charge in [0.25, 0.3) is 0 Å². The normalized spacial score (nSPS) is 10.1. The minimum absolute atomic E-state index is 0.0332. The van der Waals surface area contributed by atoms with E-state index in [1.54, 1.807) is 0 Å². The van der Waals surface area contributed by atoms with E-state index in [2.05, 4.69) is 0 Å². The van der Waals surface area contributed by atoms with Crippen molar-refractivity contribution in [2.24, 2.45) is 0 Å². The molecule has 1 aromatic carbocycles. The summed E-state index contributed by atoms with van der Waals surface area (Å²) in [5, 5.41) is 18.2. The molecule has 0 spiro atoms. The van der Waals surface area contributed by atoms with Crippen LogP contribution in [0.25, 0.3) is 0 Å². The summed E-state index contributed by atoms with van der Waals surface area (Å²) in [7, 11) is -1.70. The maximum atomic E-state index is 8.84. The largest absolute Gasteiger partial charge is 0.491 e. The molecule has 2 N–H and O–H groups in total. The van der Waals surface area contributed by atoms with E-state index in [4.69, 9.17) is 44.9 Å². The summed E-state index contributed by atoms with van der Waals surface area (Å²) in [5.41, 5.74) is 0.0332. The average Bonchev–Trinajstić information content (AvgIpc) is 1.97. The van der Waals surface area contributed by atoms with E-state index < -0.39 is 7.12 Å². The first-order chi connectivity index (χ1) is 5.54. The molecule has 2 nitrogen and oxygen atoms in total. The Balaban J connectivity index is 3.33. The first-order valence-corrected chi connectivity index (χ1v) is 4.17. The molecule has 0 saturated heterocycles. The van der Waals surface area contributed by atoms with Gasteiger partial charge in [0.2, 0.25) is 0 Å². The van der Waals surface area contributed by atoms with Gasteiger partial charge in [-0.1, -0.05) is 34.8 Å². The van der Waals surface area contributed by atoms with E-state index in [0.717, 1.165) is 0 Å². The van der Waals surface area contributed by atoms with Crippen LogP contribution < -0.4 is 5.46 Å². The first-order valence-electron chi connectivity index (χ1n) is 3.03. The summed E-state index contributed by atoms with van der Waals surface area (Å²) in [5.74, 6) is 0. The van der Waals surface area contributed by atoms with E-state index in [0.29, 0.717) is 0 Å². The van der Waals surface area contributed by atoms with Gasteiger partial charge in [-0.25, -0.2) is 0 Å². The molecular formula is C6H4BCl3O2. The van der Waals surface area contributed by atoms with Crippen LogP contribution in [0.15, 0.2) is 12.1 Å². The van der Waals surface area contributed by atoms with Crippen LogP contribution >= 0.6 is 34.8 Å². The second-order valence-electron chi connectivity index (χ2n) is 2.13. The monoisotopic (exact) mass is 224 g/mol. The van der Waals surface area contributed by atoms with Crippen molar-refractivity contribution in [3.63, 3.8) is 0 Å². The molecule has 0 fully saturated rings. The molecule has 0 unspecified atom stereocenters. The van der Waals surface area contributed by atoms with Crippen LogP contribution in [0, 0.1) is 0 Å². The molecule has 0 radical (unpaired) electrons. The Bertz CT molecular complexity index is 303. The third-order valence-corrected chi connectivity index (χ3v) is 2.49. The molecule has 0 aliphatic carbocycles. The lowest BCUT2D eigenvalue weighted by atomic mass is 9.80. The van der Waals surface area contributed by atoms with Gasteiger partial charge in [0.05, 0.1) is 10.0 Å². The maximum Gasteiger partial charge on any atom is 0.491 e. The van der Waals surface area contributed by atoms with Crippen LogP contribution in [0.1, 0.15) is 0 Å². The molecule has 12 heavy (non-hydrogen) atoms. The first kappa shape index (κ1) is 10.2. The van der Waals surface area contributed by atoms with E-state index in [-0.39, 0.29) is 20.5 Å². The van der Waals surface area contributed by atoms with E-state index in [1.165, 1.54) is 12.1 Å². The summed E-state index contributed by atoms with van der Waals surface area (Å²) in [4.78, 5) is 0. The third-order valence-electron chi connectivity index (χ3n) is 1.34. The fourth-order valence-corrected chi connectivity index (χ4v) is 1.51. The Kier molecular flexibility index (Phi) is 3.26. The van der Waals surface area contributed by atoms with Crippen molar-refractivity contribution in [1.29, 1.82) is 0 Å². The zero-order chi connectivity index (χ0) is 9.30. The molecule has 0 bridgehead atoms. The Labute approximate surface area is 84.8 Å². The van der Waals surface area contributed by atoms with Crippen LogP contribution in [-0.2, 0) is 0 Å². The predicted octanol–water partition coefficient (Wildman–Crippen LogP) is 1.33. The minimum atomic E-state index is -1.70. The van der Waals surface area contributed by atoms with Crippen molar-refractivity contribution in [3.8, 4) is 0 Å². The van der Waals surface area contributed by atoms with Gasteiger partial charge in [-0.2, -0.15) is 0 Å². The summed E-state index contributed by atoms with van der Waals surface area (Å²) in [6.07, 6.45) is 0. The molecule has 0 aliphatic rings. The zero-order valence-corrected chi connectivity index (χ0v) is 8.03. The summed E-state index contributed by atoms with van der Waals surface area (Å²) in [6.45, 7) is 0. The van der Waals surface area contributed by atoms with Gasteiger partial charge in [0.15, 0.2) is 0 Å². The molecule has 64 valence electrons. The van der Waals surface area contributed by atoms with Gasteiger partial charge >= 0.3 is 7.12 Å². The molecule has 6 heteroatoms. The highest BCUT2D eigenvalue weighted by molar-refractivity contribution is 6.67. The second-order valence-corrected chi connectivity index (χ2v) is 3.32. The average molecular weight is 225 g/mol. The van der Waals surface area contributed by atoms with Gasteiger partial charge in [-0.3, -0.25) is 0 Å². The fourth-order valence-electron chi connectivity index (χ4n) is 0.779. The van der Waals surface area contributed by atoms with Crippen LogP contribution in [0.3, 0.4) is 0 Å². The van der Waals surface area contributed by atoms with Crippen LogP contribution in [0.4, 0.5) is 0 Å². The maximum absolute atomic E-state index is 8.84. The van der Waals surface area contributed by atoms with Gasteiger partial charge in [0, 0.05) is 10.5 Å². The molecule has 0 saturated carbocycles. The van der Waals surface area contributed by atoms with Crippen molar-refractivity contribution in [1.82, 2.24) is 0 Å². The number of benzene rings is 1.